The molecule has 0 bridgehead atoms. The predicted octanol–water partition coefficient (Wildman–Crippen LogP) is 3.39. The molecule has 24 heavy (non-hydrogen) atoms. The van der Waals surface area contributed by atoms with Crippen LogP contribution in [0.3, 0.4) is 0 Å². The Bertz CT molecular complexity index is 504. The summed E-state index contributed by atoms with van der Waals surface area (Å²) in [5.74, 6) is -0.0449. The Morgan fingerprint density at radius 2 is 1.17 bits per heavy atom. The quantitative estimate of drug-likeness (QED) is 0.280. The molecule has 8 heteroatoms. The Hall–Kier alpha value is -0.150. The van der Waals surface area contributed by atoms with Crippen molar-refractivity contribution in [2.75, 3.05) is 5.75 Å². The minimum Gasteiger partial charge on any atom is -0.302 e. The molecule has 0 aromatic carbocycles. The van der Waals surface area contributed by atoms with Crippen LogP contribution >= 0.6 is 0 Å². The van der Waals surface area contributed by atoms with Gasteiger partial charge >= 0.3 is 0 Å². The zero-order valence-corrected chi connectivity index (χ0v) is 16.7. The molecular weight excluding hydrogens is 348 g/mol. The molecule has 1 atom stereocenters. The molecule has 0 aliphatic rings. The van der Waals surface area contributed by atoms with Crippen molar-refractivity contribution in [3.05, 3.63) is 0 Å². The van der Waals surface area contributed by atoms with Gasteiger partial charge in [-0.1, -0.05) is 84.0 Å². The first-order valence-corrected chi connectivity index (χ1v) is 12.4. The standard InChI is InChI=1S/C16H36N2O4S2/c1-2-3-4-5-6-7-8-9-10-11-12-13-14-15-24(21,22)18-16-23(17,19)20/h16,18H,2-15H2,1H3,(H3,17,19,20). The molecule has 0 saturated heterocycles. The van der Waals surface area contributed by atoms with E-state index in [0.717, 1.165) is 19.3 Å². The maximum absolute atomic E-state index is 11.5. The van der Waals surface area contributed by atoms with Gasteiger partial charge in [-0.2, -0.15) is 4.72 Å². The maximum Gasteiger partial charge on any atom is 0.215 e. The lowest BCUT2D eigenvalue weighted by molar-refractivity contribution is 0.541. The second-order valence-corrected chi connectivity index (χ2v) is 9.75. The van der Waals surface area contributed by atoms with E-state index in [1.54, 1.807) is 0 Å². The SMILES string of the molecule is CCCCCCCCCCCCCCCS(=O)(=O)NC=S(N)(=O)O. The Morgan fingerprint density at radius 3 is 1.54 bits per heavy atom. The van der Waals surface area contributed by atoms with Crippen molar-refractivity contribution in [3.63, 3.8) is 0 Å². The molecule has 0 saturated carbocycles. The summed E-state index contributed by atoms with van der Waals surface area (Å²) in [5, 5.41) is 4.82. The van der Waals surface area contributed by atoms with Crippen LogP contribution in [0.25, 0.3) is 0 Å². The van der Waals surface area contributed by atoms with E-state index >= 15 is 0 Å². The van der Waals surface area contributed by atoms with E-state index in [1.807, 2.05) is 4.72 Å². The smallest absolute Gasteiger partial charge is 0.215 e. The summed E-state index contributed by atoms with van der Waals surface area (Å²) in [6, 6.07) is 0. The molecule has 4 N–H and O–H groups in total. The fraction of sp³-hybridized carbons (Fsp3) is 0.938. The molecule has 0 aromatic rings. The van der Waals surface area contributed by atoms with Gasteiger partial charge in [-0.25, -0.2) is 17.8 Å². The number of sulfonamides is 1. The number of hydrogen-bond acceptors (Lipinski definition) is 3. The lowest BCUT2D eigenvalue weighted by Crippen LogP contribution is -2.30. The average molecular weight is 385 g/mol. The summed E-state index contributed by atoms with van der Waals surface area (Å²) in [6.07, 6.45) is 15.4. The third-order valence-electron chi connectivity index (χ3n) is 3.91. The van der Waals surface area contributed by atoms with Gasteiger partial charge in [-0.05, 0) is 6.42 Å². The van der Waals surface area contributed by atoms with Crippen molar-refractivity contribution in [1.82, 2.24) is 4.72 Å². The highest BCUT2D eigenvalue weighted by molar-refractivity contribution is 7.96. The normalized spacial score (nSPS) is 14.5. The summed E-state index contributed by atoms with van der Waals surface area (Å²) in [6.45, 7) is 2.23. The summed E-state index contributed by atoms with van der Waals surface area (Å²) in [4.78, 5) is 0. The summed E-state index contributed by atoms with van der Waals surface area (Å²) >= 11 is 0. The summed E-state index contributed by atoms with van der Waals surface area (Å²) in [5.41, 5.74) is 0.532. The van der Waals surface area contributed by atoms with Gasteiger partial charge in [0.2, 0.25) is 10.0 Å². The van der Waals surface area contributed by atoms with Crippen molar-refractivity contribution in [2.24, 2.45) is 5.14 Å². The van der Waals surface area contributed by atoms with E-state index in [9.17, 15) is 12.6 Å². The van der Waals surface area contributed by atoms with Gasteiger partial charge in [0.25, 0.3) is 0 Å². The molecule has 1 unspecified atom stereocenters. The van der Waals surface area contributed by atoms with E-state index in [-0.39, 0.29) is 5.75 Å². The van der Waals surface area contributed by atoms with Crippen LogP contribution in [-0.2, 0) is 20.0 Å². The molecule has 0 radical (unpaired) electrons. The van der Waals surface area contributed by atoms with Gasteiger partial charge in [0, 0.05) is 0 Å². The number of unbranched alkanes of at least 4 members (excludes halogenated alkanes) is 12. The number of nitrogens with one attached hydrogen (secondary N) is 1. The van der Waals surface area contributed by atoms with Crippen LogP contribution in [0.2, 0.25) is 0 Å². The Morgan fingerprint density at radius 1 is 0.792 bits per heavy atom. The van der Waals surface area contributed by atoms with E-state index in [4.69, 9.17) is 9.69 Å². The fourth-order valence-electron chi connectivity index (χ4n) is 2.51. The lowest BCUT2D eigenvalue weighted by atomic mass is 10.1. The maximum atomic E-state index is 11.5. The lowest BCUT2D eigenvalue weighted by Gasteiger charge is -2.04. The Kier molecular flexibility index (Phi) is 14.0. The topological polar surface area (TPSA) is 109 Å². The third kappa shape index (κ3) is 18.2. The largest absolute Gasteiger partial charge is 0.302 e. The minimum absolute atomic E-state index is 0.0449. The highest BCUT2D eigenvalue weighted by Gasteiger charge is 2.08. The van der Waals surface area contributed by atoms with Crippen LogP contribution in [0, 0.1) is 0 Å². The average Bonchev–Trinajstić information content (AvgIpc) is 2.49. The first kappa shape index (κ1) is 23.9. The van der Waals surface area contributed by atoms with Gasteiger partial charge in [-0.15, -0.1) is 0 Å². The zero-order chi connectivity index (χ0) is 18.3. The van der Waals surface area contributed by atoms with Crippen molar-refractivity contribution >= 4 is 25.5 Å². The van der Waals surface area contributed by atoms with Gasteiger partial charge in [0.15, 0.2) is 9.99 Å². The number of hydrogen-bond donors (Lipinski definition) is 3. The molecule has 0 amide bonds. The monoisotopic (exact) mass is 384 g/mol. The second kappa shape index (κ2) is 14.1. The molecule has 0 fully saturated rings. The van der Waals surface area contributed by atoms with Crippen molar-refractivity contribution in [1.29, 1.82) is 0 Å². The van der Waals surface area contributed by atoms with Crippen LogP contribution in [0.4, 0.5) is 0 Å². The van der Waals surface area contributed by atoms with E-state index in [1.165, 1.54) is 57.8 Å². The fourth-order valence-corrected chi connectivity index (χ4v) is 4.35. The highest BCUT2D eigenvalue weighted by Crippen LogP contribution is 2.12. The van der Waals surface area contributed by atoms with Crippen molar-refractivity contribution < 1.29 is 17.2 Å². The van der Waals surface area contributed by atoms with Gasteiger partial charge in [-0.3, -0.25) is 0 Å². The van der Waals surface area contributed by atoms with Crippen molar-refractivity contribution in [2.45, 2.75) is 90.4 Å². The van der Waals surface area contributed by atoms with E-state index < -0.39 is 20.0 Å². The molecule has 146 valence electrons. The third-order valence-corrected chi connectivity index (χ3v) is 5.82. The summed E-state index contributed by atoms with van der Waals surface area (Å²) < 4.78 is 44.6. The van der Waals surface area contributed by atoms with Crippen LogP contribution in [-0.4, -0.2) is 28.4 Å². The molecule has 0 heterocycles. The first-order valence-electron chi connectivity index (χ1n) is 9.14. The van der Waals surface area contributed by atoms with E-state index in [2.05, 4.69) is 6.92 Å². The van der Waals surface area contributed by atoms with Crippen LogP contribution in [0.15, 0.2) is 0 Å². The molecule has 0 rings (SSSR count). The first-order chi connectivity index (χ1) is 11.3. The Labute approximate surface area is 149 Å². The van der Waals surface area contributed by atoms with Crippen LogP contribution < -0.4 is 9.86 Å². The molecule has 0 aliphatic carbocycles. The summed E-state index contributed by atoms with van der Waals surface area (Å²) in [7, 11) is -7.23. The van der Waals surface area contributed by atoms with Gasteiger partial charge in [0.1, 0.15) is 0 Å². The second-order valence-electron chi connectivity index (χ2n) is 6.41. The Balaban J connectivity index is 3.43. The number of rotatable bonds is 16. The predicted molar refractivity (Wildman–Crippen MR) is 104 cm³/mol. The van der Waals surface area contributed by atoms with Crippen LogP contribution in [0.5, 0.6) is 0 Å². The molecule has 0 aromatic heterocycles. The minimum atomic E-state index is -3.68. The van der Waals surface area contributed by atoms with Gasteiger partial charge < -0.3 is 4.55 Å². The van der Waals surface area contributed by atoms with Crippen molar-refractivity contribution in [3.8, 4) is 0 Å². The highest BCUT2D eigenvalue weighted by atomic mass is 32.2. The van der Waals surface area contributed by atoms with E-state index in [0.29, 0.717) is 11.9 Å². The molecule has 6 nitrogen and oxygen atoms in total. The van der Waals surface area contributed by atoms with Crippen LogP contribution in [0.1, 0.15) is 90.4 Å². The molecular formula is C16H36N2O4S2. The zero-order valence-electron chi connectivity index (χ0n) is 15.0. The molecule has 0 aliphatic heterocycles. The molecule has 0 spiro atoms. The van der Waals surface area contributed by atoms with Gasteiger partial charge in [0.05, 0.1) is 11.2 Å². The number of nitrogens with two attached hydrogens (primary N) is 1.